The van der Waals surface area contributed by atoms with Crippen molar-refractivity contribution in [1.82, 2.24) is 5.32 Å². The molecule has 1 aliphatic rings. The largest absolute Gasteiger partial charge is 0.388 e. The molecule has 0 radical (unpaired) electrons. The van der Waals surface area contributed by atoms with E-state index in [-0.39, 0.29) is 0 Å². The summed E-state index contributed by atoms with van der Waals surface area (Å²) < 4.78 is 0. The maximum absolute atomic E-state index is 10.4. The summed E-state index contributed by atoms with van der Waals surface area (Å²) in [6, 6.07) is 6.59. The van der Waals surface area contributed by atoms with Gasteiger partial charge in [-0.1, -0.05) is 17.7 Å². The minimum atomic E-state index is -0.524. The second-order valence-electron chi connectivity index (χ2n) is 5.53. The van der Waals surface area contributed by atoms with Crippen LogP contribution in [0.1, 0.15) is 24.0 Å². The average Bonchev–Trinajstić information content (AvgIpc) is 2.31. The monoisotopic (exact) mass is 248 g/mol. The topological polar surface area (TPSA) is 35.5 Å². The van der Waals surface area contributed by atoms with Crippen molar-refractivity contribution in [2.75, 3.05) is 31.6 Å². The van der Waals surface area contributed by atoms with Crippen LogP contribution in [0, 0.1) is 13.8 Å². The molecule has 3 nitrogen and oxygen atoms in total. The van der Waals surface area contributed by atoms with E-state index in [1.807, 2.05) is 7.05 Å². The third kappa shape index (κ3) is 2.85. The Labute approximate surface area is 110 Å². The molecule has 0 bridgehead atoms. The summed E-state index contributed by atoms with van der Waals surface area (Å²) in [4.78, 5) is 2.39. The van der Waals surface area contributed by atoms with Crippen molar-refractivity contribution in [3.63, 3.8) is 0 Å². The highest BCUT2D eigenvalue weighted by Gasteiger charge is 2.31. The molecule has 0 atom stereocenters. The third-order valence-electron chi connectivity index (χ3n) is 3.89. The normalized spacial score (nSPS) is 19.0. The molecular weight excluding hydrogens is 224 g/mol. The van der Waals surface area contributed by atoms with Gasteiger partial charge in [-0.15, -0.1) is 0 Å². The van der Waals surface area contributed by atoms with Gasteiger partial charge in [0.1, 0.15) is 0 Å². The van der Waals surface area contributed by atoms with Crippen molar-refractivity contribution < 1.29 is 5.11 Å². The van der Waals surface area contributed by atoms with Gasteiger partial charge in [-0.25, -0.2) is 0 Å². The molecule has 100 valence electrons. The molecule has 1 fully saturated rings. The Bertz CT molecular complexity index is 409. The molecule has 0 amide bonds. The number of benzene rings is 1. The lowest BCUT2D eigenvalue weighted by Gasteiger charge is -2.39. The van der Waals surface area contributed by atoms with E-state index in [0.29, 0.717) is 6.54 Å². The van der Waals surface area contributed by atoms with Crippen LogP contribution in [0.2, 0.25) is 0 Å². The first-order chi connectivity index (χ1) is 8.54. The second kappa shape index (κ2) is 5.29. The zero-order valence-corrected chi connectivity index (χ0v) is 11.7. The molecule has 1 saturated heterocycles. The lowest BCUT2D eigenvalue weighted by atomic mass is 9.91. The van der Waals surface area contributed by atoms with Gasteiger partial charge in [-0.3, -0.25) is 0 Å². The number of nitrogens with one attached hydrogen (secondary N) is 1. The van der Waals surface area contributed by atoms with Crippen molar-refractivity contribution in [1.29, 1.82) is 0 Å². The number of hydrogen-bond donors (Lipinski definition) is 2. The van der Waals surface area contributed by atoms with E-state index >= 15 is 0 Å². The number of likely N-dealkylation sites (N-methyl/N-ethyl adjacent to an activating group) is 1. The number of piperidine rings is 1. The van der Waals surface area contributed by atoms with E-state index < -0.39 is 5.60 Å². The molecule has 1 aromatic carbocycles. The highest BCUT2D eigenvalue weighted by molar-refractivity contribution is 5.54. The zero-order chi connectivity index (χ0) is 13.2. The molecule has 1 aromatic rings. The van der Waals surface area contributed by atoms with Gasteiger partial charge in [0, 0.05) is 25.3 Å². The van der Waals surface area contributed by atoms with Crippen LogP contribution < -0.4 is 10.2 Å². The Kier molecular flexibility index (Phi) is 3.93. The van der Waals surface area contributed by atoms with E-state index in [1.54, 1.807) is 0 Å². The summed E-state index contributed by atoms with van der Waals surface area (Å²) in [5.74, 6) is 0. The molecule has 2 N–H and O–H groups in total. The van der Waals surface area contributed by atoms with Gasteiger partial charge in [0.05, 0.1) is 5.60 Å². The molecule has 0 unspecified atom stereocenters. The van der Waals surface area contributed by atoms with Crippen LogP contribution in [0.4, 0.5) is 5.69 Å². The van der Waals surface area contributed by atoms with Crippen LogP contribution in [-0.2, 0) is 0 Å². The van der Waals surface area contributed by atoms with Gasteiger partial charge < -0.3 is 15.3 Å². The van der Waals surface area contributed by atoms with Gasteiger partial charge in [-0.05, 0) is 45.4 Å². The molecular formula is C15H24N2O. The van der Waals surface area contributed by atoms with Crippen LogP contribution >= 0.6 is 0 Å². The van der Waals surface area contributed by atoms with Crippen LogP contribution in [0.5, 0.6) is 0 Å². The Morgan fingerprint density at radius 1 is 1.28 bits per heavy atom. The van der Waals surface area contributed by atoms with E-state index in [9.17, 15) is 5.11 Å². The highest BCUT2D eigenvalue weighted by Crippen LogP contribution is 2.28. The second-order valence-corrected chi connectivity index (χ2v) is 5.53. The van der Waals surface area contributed by atoms with Crippen molar-refractivity contribution in [3.05, 3.63) is 29.3 Å². The van der Waals surface area contributed by atoms with Gasteiger partial charge in [0.2, 0.25) is 0 Å². The molecule has 1 aliphatic heterocycles. The third-order valence-corrected chi connectivity index (χ3v) is 3.89. The van der Waals surface area contributed by atoms with Gasteiger partial charge in [0.15, 0.2) is 0 Å². The number of aryl methyl sites for hydroxylation is 2. The maximum atomic E-state index is 10.4. The quantitative estimate of drug-likeness (QED) is 0.857. The molecule has 1 heterocycles. The highest BCUT2D eigenvalue weighted by atomic mass is 16.3. The molecule has 3 heteroatoms. The maximum Gasteiger partial charge on any atom is 0.0805 e. The number of hydrogen-bond acceptors (Lipinski definition) is 3. The Morgan fingerprint density at radius 3 is 2.50 bits per heavy atom. The standard InChI is InChI=1S/C15H24N2O/c1-12-4-5-14(13(2)10-12)17-8-6-15(18,7-9-17)11-16-3/h4-5,10,16,18H,6-9,11H2,1-3H3. The Hall–Kier alpha value is -1.06. The molecule has 0 aromatic heterocycles. The summed E-state index contributed by atoms with van der Waals surface area (Å²) in [7, 11) is 1.90. The zero-order valence-electron chi connectivity index (χ0n) is 11.7. The van der Waals surface area contributed by atoms with E-state index in [2.05, 4.69) is 42.3 Å². The minimum Gasteiger partial charge on any atom is -0.388 e. The first kappa shape index (κ1) is 13.4. The van der Waals surface area contributed by atoms with Crippen LogP contribution in [0.15, 0.2) is 18.2 Å². The molecule has 0 spiro atoms. The van der Waals surface area contributed by atoms with E-state index in [4.69, 9.17) is 0 Å². The summed E-state index contributed by atoms with van der Waals surface area (Å²) >= 11 is 0. The number of anilines is 1. The number of nitrogens with zero attached hydrogens (tertiary/aromatic N) is 1. The molecule has 18 heavy (non-hydrogen) atoms. The van der Waals surface area contributed by atoms with E-state index in [0.717, 1.165) is 25.9 Å². The van der Waals surface area contributed by atoms with Gasteiger partial charge in [-0.2, -0.15) is 0 Å². The van der Waals surface area contributed by atoms with Crippen LogP contribution in [-0.4, -0.2) is 37.4 Å². The first-order valence-electron chi connectivity index (χ1n) is 6.73. The fourth-order valence-corrected chi connectivity index (χ4v) is 2.83. The van der Waals surface area contributed by atoms with Crippen molar-refractivity contribution in [3.8, 4) is 0 Å². The summed E-state index contributed by atoms with van der Waals surface area (Å²) in [5.41, 5.74) is 3.42. The number of rotatable bonds is 3. The van der Waals surface area contributed by atoms with Crippen molar-refractivity contribution in [2.24, 2.45) is 0 Å². The smallest absolute Gasteiger partial charge is 0.0805 e. The summed E-state index contributed by atoms with van der Waals surface area (Å²) in [6.07, 6.45) is 1.67. The predicted molar refractivity (Wildman–Crippen MR) is 76.2 cm³/mol. The fraction of sp³-hybridized carbons (Fsp3) is 0.600. The average molecular weight is 248 g/mol. The van der Waals surface area contributed by atoms with Crippen LogP contribution in [0.25, 0.3) is 0 Å². The summed E-state index contributed by atoms with van der Waals surface area (Å²) in [6.45, 7) is 6.84. The molecule has 0 aliphatic carbocycles. The van der Waals surface area contributed by atoms with E-state index in [1.165, 1.54) is 16.8 Å². The predicted octanol–water partition coefficient (Wildman–Crippen LogP) is 1.85. The summed E-state index contributed by atoms with van der Waals surface area (Å²) in [5, 5.41) is 13.4. The molecule has 2 rings (SSSR count). The van der Waals surface area contributed by atoms with Gasteiger partial charge >= 0.3 is 0 Å². The minimum absolute atomic E-state index is 0.524. The number of aliphatic hydroxyl groups is 1. The lowest BCUT2D eigenvalue weighted by Crippen LogP contribution is -2.49. The Balaban J connectivity index is 2.05. The van der Waals surface area contributed by atoms with Crippen molar-refractivity contribution >= 4 is 5.69 Å². The lowest BCUT2D eigenvalue weighted by molar-refractivity contribution is 0.0185. The SMILES string of the molecule is CNCC1(O)CCN(c2ccc(C)cc2C)CC1. The first-order valence-corrected chi connectivity index (χ1v) is 6.73. The Morgan fingerprint density at radius 2 is 1.94 bits per heavy atom. The molecule has 0 saturated carbocycles. The van der Waals surface area contributed by atoms with Crippen LogP contribution in [0.3, 0.4) is 0 Å². The fourth-order valence-electron chi connectivity index (χ4n) is 2.83. The van der Waals surface area contributed by atoms with Gasteiger partial charge in [0.25, 0.3) is 0 Å². The van der Waals surface area contributed by atoms with Crippen molar-refractivity contribution in [2.45, 2.75) is 32.3 Å².